The molecule has 0 aliphatic carbocycles. The summed E-state index contributed by atoms with van der Waals surface area (Å²) in [5, 5.41) is 40.1. The van der Waals surface area contributed by atoms with E-state index in [0.29, 0.717) is 17.7 Å². The fourth-order valence-corrected chi connectivity index (χ4v) is 3.56. The Hall–Kier alpha value is -2.93. The standard InChI is InChI=1S/C20H20O7/c1-20(2,25)17-5-10-3-9(4-14(24)19(10)27-17)15-8-13(23)18-12(22)6-11(21)7-16(18)26-15/h3-4,6-7,15,17,21-22,24-25H,5,8H2,1-2H3/t15-,17-/m0/s1. The van der Waals surface area contributed by atoms with E-state index in [0.717, 1.165) is 11.6 Å². The van der Waals surface area contributed by atoms with Gasteiger partial charge in [0, 0.05) is 24.1 Å². The van der Waals surface area contributed by atoms with E-state index in [4.69, 9.17) is 9.47 Å². The molecule has 2 atom stereocenters. The molecule has 0 unspecified atom stereocenters. The van der Waals surface area contributed by atoms with Crippen LogP contribution in [-0.4, -0.2) is 37.9 Å². The smallest absolute Gasteiger partial charge is 0.174 e. The monoisotopic (exact) mass is 372 g/mol. The Balaban J connectivity index is 1.68. The van der Waals surface area contributed by atoms with E-state index in [1.807, 2.05) is 0 Å². The third-order valence-electron chi connectivity index (χ3n) is 4.98. The molecule has 2 aliphatic rings. The summed E-state index contributed by atoms with van der Waals surface area (Å²) in [4.78, 5) is 12.5. The number of fused-ring (bicyclic) bond motifs is 2. The predicted octanol–water partition coefficient (Wildman–Crippen LogP) is 2.58. The van der Waals surface area contributed by atoms with Gasteiger partial charge in [-0.1, -0.05) is 0 Å². The molecular formula is C20H20O7. The SMILES string of the molecule is CC(C)(O)[C@@H]1Cc2cc([C@@H]3CC(=O)c4c(O)cc(O)cc4O3)cc(O)c2O1. The van der Waals surface area contributed by atoms with Gasteiger partial charge in [0.1, 0.15) is 35.0 Å². The average molecular weight is 372 g/mol. The molecule has 7 heteroatoms. The van der Waals surface area contributed by atoms with Crippen LogP contribution in [0.5, 0.6) is 28.7 Å². The lowest BCUT2D eigenvalue weighted by Gasteiger charge is -2.26. The van der Waals surface area contributed by atoms with Crippen molar-refractivity contribution in [3.05, 3.63) is 41.0 Å². The number of hydrogen-bond donors (Lipinski definition) is 4. The molecule has 4 N–H and O–H groups in total. The highest BCUT2D eigenvalue weighted by molar-refractivity contribution is 6.02. The van der Waals surface area contributed by atoms with Crippen molar-refractivity contribution in [2.75, 3.05) is 0 Å². The zero-order valence-electron chi connectivity index (χ0n) is 14.9. The quantitative estimate of drug-likeness (QED) is 0.640. The lowest BCUT2D eigenvalue weighted by molar-refractivity contribution is -0.0235. The third-order valence-corrected chi connectivity index (χ3v) is 4.98. The second-order valence-electron chi connectivity index (χ2n) is 7.56. The number of aliphatic hydroxyl groups is 1. The summed E-state index contributed by atoms with van der Waals surface area (Å²) in [7, 11) is 0. The molecule has 2 aromatic rings. The Morgan fingerprint density at radius 2 is 1.74 bits per heavy atom. The molecule has 0 radical (unpaired) electrons. The first-order valence-electron chi connectivity index (χ1n) is 8.64. The summed E-state index contributed by atoms with van der Waals surface area (Å²) in [6.07, 6.45) is -0.765. The second-order valence-corrected chi connectivity index (χ2v) is 7.56. The van der Waals surface area contributed by atoms with E-state index in [1.165, 1.54) is 12.1 Å². The fourth-order valence-electron chi connectivity index (χ4n) is 3.56. The minimum absolute atomic E-state index is 0.0145. The minimum Gasteiger partial charge on any atom is -0.508 e. The molecule has 0 saturated carbocycles. The summed E-state index contributed by atoms with van der Waals surface area (Å²) in [5.41, 5.74) is 0.266. The van der Waals surface area contributed by atoms with Gasteiger partial charge in [-0.05, 0) is 31.5 Å². The Labute approximate surface area is 155 Å². The number of phenolic OH excluding ortho intramolecular Hbond substituents is 3. The van der Waals surface area contributed by atoms with Gasteiger partial charge in [-0.25, -0.2) is 0 Å². The second kappa shape index (κ2) is 5.79. The van der Waals surface area contributed by atoms with Crippen LogP contribution in [-0.2, 0) is 6.42 Å². The molecular weight excluding hydrogens is 352 g/mol. The summed E-state index contributed by atoms with van der Waals surface area (Å²) < 4.78 is 11.5. The van der Waals surface area contributed by atoms with Gasteiger partial charge in [0.25, 0.3) is 0 Å². The molecule has 2 heterocycles. The molecule has 0 amide bonds. The fraction of sp³-hybridized carbons (Fsp3) is 0.350. The number of aromatic hydroxyl groups is 3. The normalized spacial score (nSPS) is 21.2. The maximum atomic E-state index is 12.5. The number of rotatable bonds is 2. The van der Waals surface area contributed by atoms with Crippen molar-refractivity contribution in [3.63, 3.8) is 0 Å². The van der Waals surface area contributed by atoms with E-state index in [2.05, 4.69) is 0 Å². The summed E-state index contributed by atoms with van der Waals surface area (Å²) in [5.74, 6) is -0.521. The van der Waals surface area contributed by atoms with E-state index >= 15 is 0 Å². The van der Waals surface area contributed by atoms with Gasteiger partial charge in [-0.3, -0.25) is 4.79 Å². The first-order chi connectivity index (χ1) is 12.6. The summed E-state index contributed by atoms with van der Waals surface area (Å²) in [6.45, 7) is 3.28. The molecule has 2 aromatic carbocycles. The first kappa shape index (κ1) is 17.5. The largest absolute Gasteiger partial charge is 0.508 e. The van der Waals surface area contributed by atoms with Crippen LogP contribution in [0, 0.1) is 0 Å². The van der Waals surface area contributed by atoms with Crippen molar-refractivity contribution < 1.29 is 34.7 Å². The number of benzene rings is 2. The zero-order chi connectivity index (χ0) is 19.5. The number of Topliss-reactive ketones (excluding diaryl/α,β-unsaturated/α-hetero) is 1. The zero-order valence-corrected chi connectivity index (χ0v) is 14.9. The van der Waals surface area contributed by atoms with Crippen molar-refractivity contribution in [3.8, 4) is 28.7 Å². The third kappa shape index (κ3) is 2.94. The maximum absolute atomic E-state index is 12.5. The molecule has 0 aromatic heterocycles. The van der Waals surface area contributed by atoms with Crippen molar-refractivity contribution in [1.82, 2.24) is 0 Å². The molecule has 7 nitrogen and oxygen atoms in total. The van der Waals surface area contributed by atoms with Crippen LogP contribution in [0.1, 0.15) is 47.9 Å². The minimum atomic E-state index is -1.07. The van der Waals surface area contributed by atoms with Crippen molar-refractivity contribution in [2.24, 2.45) is 0 Å². The molecule has 142 valence electrons. The van der Waals surface area contributed by atoms with Crippen molar-refractivity contribution >= 4 is 5.78 Å². The van der Waals surface area contributed by atoms with Gasteiger partial charge >= 0.3 is 0 Å². The maximum Gasteiger partial charge on any atom is 0.174 e. The van der Waals surface area contributed by atoms with Crippen LogP contribution in [0.15, 0.2) is 24.3 Å². The average Bonchev–Trinajstić information content (AvgIpc) is 2.98. The molecule has 0 bridgehead atoms. The number of ether oxygens (including phenoxy) is 2. The van der Waals surface area contributed by atoms with Gasteiger partial charge in [0.05, 0.1) is 12.0 Å². The van der Waals surface area contributed by atoms with Crippen LogP contribution in [0.3, 0.4) is 0 Å². The Kier molecular flexibility index (Phi) is 3.75. The van der Waals surface area contributed by atoms with Crippen LogP contribution in [0.4, 0.5) is 0 Å². The number of carbonyl (C=O) groups is 1. The van der Waals surface area contributed by atoms with Crippen LogP contribution < -0.4 is 9.47 Å². The van der Waals surface area contributed by atoms with E-state index < -0.39 is 17.8 Å². The highest BCUT2D eigenvalue weighted by Gasteiger charge is 2.38. The van der Waals surface area contributed by atoms with Crippen LogP contribution in [0.2, 0.25) is 0 Å². The highest BCUT2D eigenvalue weighted by atomic mass is 16.5. The Morgan fingerprint density at radius 3 is 2.44 bits per heavy atom. The number of phenols is 3. The molecule has 2 aliphatic heterocycles. The highest BCUT2D eigenvalue weighted by Crippen LogP contribution is 2.45. The number of hydrogen-bond acceptors (Lipinski definition) is 7. The first-order valence-corrected chi connectivity index (χ1v) is 8.64. The topological polar surface area (TPSA) is 116 Å². The van der Waals surface area contributed by atoms with Gasteiger partial charge in [-0.2, -0.15) is 0 Å². The van der Waals surface area contributed by atoms with Crippen LogP contribution in [0.25, 0.3) is 0 Å². The number of carbonyl (C=O) groups excluding carboxylic acids is 1. The van der Waals surface area contributed by atoms with E-state index in [9.17, 15) is 25.2 Å². The van der Waals surface area contributed by atoms with Gasteiger partial charge in [0.2, 0.25) is 0 Å². The van der Waals surface area contributed by atoms with Gasteiger partial charge in [-0.15, -0.1) is 0 Å². The number of ketones is 1. The summed E-state index contributed by atoms with van der Waals surface area (Å²) in [6, 6.07) is 5.62. The van der Waals surface area contributed by atoms with Crippen molar-refractivity contribution in [2.45, 2.75) is 44.5 Å². The lowest BCUT2D eigenvalue weighted by atomic mass is 9.92. The Bertz CT molecular complexity index is 942. The van der Waals surface area contributed by atoms with E-state index in [-0.39, 0.29) is 40.8 Å². The molecule has 0 saturated heterocycles. The lowest BCUT2D eigenvalue weighted by Crippen LogP contribution is -2.39. The molecule has 27 heavy (non-hydrogen) atoms. The van der Waals surface area contributed by atoms with Crippen molar-refractivity contribution in [1.29, 1.82) is 0 Å². The Morgan fingerprint density at radius 1 is 1.00 bits per heavy atom. The molecule has 0 fully saturated rings. The predicted molar refractivity (Wildman–Crippen MR) is 94.6 cm³/mol. The van der Waals surface area contributed by atoms with E-state index in [1.54, 1.807) is 19.9 Å². The van der Waals surface area contributed by atoms with Gasteiger partial charge < -0.3 is 29.9 Å². The molecule has 4 rings (SSSR count). The summed E-state index contributed by atoms with van der Waals surface area (Å²) >= 11 is 0. The molecule has 0 spiro atoms. The van der Waals surface area contributed by atoms with Gasteiger partial charge in [0.15, 0.2) is 17.3 Å². The van der Waals surface area contributed by atoms with Crippen LogP contribution >= 0.6 is 0 Å².